The number of anilines is 1. The molecule has 110 valence electrons. The lowest BCUT2D eigenvalue weighted by molar-refractivity contribution is -0.155. The maximum absolute atomic E-state index is 12.7. The van der Waals surface area contributed by atoms with E-state index in [2.05, 4.69) is 19.2 Å². The number of para-hydroxylation sites is 1. The van der Waals surface area contributed by atoms with Gasteiger partial charge in [-0.05, 0) is 37.3 Å². The predicted molar refractivity (Wildman–Crippen MR) is 81.7 cm³/mol. The van der Waals surface area contributed by atoms with E-state index in [1.807, 2.05) is 37.3 Å². The highest BCUT2D eigenvalue weighted by Crippen LogP contribution is 2.46. The van der Waals surface area contributed by atoms with Gasteiger partial charge in [0.1, 0.15) is 5.54 Å². The summed E-state index contributed by atoms with van der Waals surface area (Å²) in [5, 5.41) is 3.49. The van der Waals surface area contributed by atoms with Gasteiger partial charge in [-0.25, -0.2) is 4.79 Å². The van der Waals surface area contributed by atoms with E-state index in [9.17, 15) is 4.79 Å². The molecule has 3 heteroatoms. The quantitative estimate of drug-likeness (QED) is 0.844. The number of hydrogen-bond donors (Lipinski definition) is 1. The number of rotatable bonds is 4. The summed E-state index contributed by atoms with van der Waals surface area (Å²) in [4.78, 5) is 12.7. The summed E-state index contributed by atoms with van der Waals surface area (Å²) in [7, 11) is 0. The van der Waals surface area contributed by atoms with Crippen LogP contribution in [0.15, 0.2) is 30.3 Å². The molecule has 0 bridgehead atoms. The third-order valence-electron chi connectivity index (χ3n) is 4.51. The molecule has 0 saturated heterocycles. The van der Waals surface area contributed by atoms with Crippen LogP contribution < -0.4 is 5.32 Å². The zero-order valence-corrected chi connectivity index (χ0v) is 12.7. The molecular formula is C17H25NO2. The van der Waals surface area contributed by atoms with Crippen molar-refractivity contribution in [3.05, 3.63) is 30.3 Å². The summed E-state index contributed by atoms with van der Waals surface area (Å²) in [6.07, 6.45) is 4.09. The zero-order valence-electron chi connectivity index (χ0n) is 12.7. The number of carbonyl (C=O) groups excluding carboxylic acids is 1. The molecule has 1 saturated carbocycles. The first-order valence-corrected chi connectivity index (χ1v) is 7.52. The van der Waals surface area contributed by atoms with Gasteiger partial charge in [-0.1, -0.05) is 44.9 Å². The third-order valence-corrected chi connectivity index (χ3v) is 4.51. The summed E-state index contributed by atoms with van der Waals surface area (Å²) in [5.74, 6) is -0.117. The third kappa shape index (κ3) is 2.67. The molecule has 20 heavy (non-hydrogen) atoms. The van der Waals surface area contributed by atoms with Crippen molar-refractivity contribution in [3.8, 4) is 0 Å². The summed E-state index contributed by atoms with van der Waals surface area (Å²) in [5.41, 5.74) is 0.242. The Bertz CT molecular complexity index is 455. The predicted octanol–water partition coefficient (Wildman–Crippen LogP) is 4.00. The monoisotopic (exact) mass is 275 g/mol. The van der Waals surface area contributed by atoms with E-state index in [0.717, 1.165) is 24.9 Å². The number of ether oxygens (including phenoxy) is 1. The van der Waals surface area contributed by atoms with Crippen LogP contribution in [-0.4, -0.2) is 18.1 Å². The Morgan fingerprint density at radius 2 is 1.85 bits per heavy atom. The lowest BCUT2D eigenvalue weighted by Gasteiger charge is -2.48. The highest BCUT2D eigenvalue weighted by Gasteiger charge is 2.53. The van der Waals surface area contributed by atoms with Crippen molar-refractivity contribution in [1.82, 2.24) is 0 Å². The van der Waals surface area contributed by atoms with Crippen LogP contribution in [0.1, 0.15) is 46.5 Å². The lowest BCUT2D eigenvalue weighted by atomic mass is 9.63. The molecular weight excluding hydrogens is 250 g/mol. The van der Waals surface area contributed by atoms with Gasteiger partial charge in [-0.2, -0.15) is 0 Å². The summed E-state index contributed by atoms with van der Waals surface area (Å²) >= 11 is 0. The van der Waals surface area contributed by atoms with E-state index >= 15 is 0 Å². The first kappa shape index (κ1) is 14.9. The van der Waals surface area contributed by atoms with Crippen LogP contribution in [0.2, 0.25) is 0 Å². The Hall–Kier alpha value is -1.51. The number of nitrogens with one attached hydrogen (secondary N) is 1. The molecule has 3 nitrogen and oxygen atoms in total. The molecule has 1 aromatic rings. The smallest absolute Gasteiger partial charge is 0.332 e. The highest BCUT2D eigenvalue weighted by atomic mass is 16.5. The molecule has 1 aromatic carbocycles. The van der Waals surface area contributed by atoms with E-state index in [0.29, 0.717) is 6.61 Å². The van der Waals surface area contributed by atoms with Gasteiger partial charge < -0.3 is 10.1 Å². The van der Waals surface area contributed by atoms with Crippen LogP contribution in [0, 0.1) is 5.41 Å². The Balaban J connectivity index is 2.35. The average Bonchev–Trinajstić information content (AvgIpc) is 2.42. The molecule has 1 atom stereocenters. The molecule has 0 amide bonds. The fourth-order valence-electron chi connectivity index (χ4n) is 3.19. The highest BCUT2D eigenvalue weighted by molar-refractivity contribution is 5.86. The van der Waals surface area contributed by atoms with Gasteiger partial charge in [0.05, 0.1) is 6.61 Å². The minimum Gasteiger partial charge on any atom is -0.464 e. The first-order chi connectivity index (χ1) is 9.52. The van der Waals surface area contributed by atoms with Crippen LogP contribution >= 0.6 is 0 Å². The Labute approximate surface area is 121 Å². The average molecular weight is 275 g/mol. The molecule has 1 N–H and O–H groups in total. The topological polar surface area (TPSA) is 38.3 Å². The lowest BCUT2D eigenvalue weighted by Crippen LogP contribution is -2.59. The molecule has 2 rings (SSSR count). The van der Waals surface area contributed by atoms with Gasteiger partial charge >= 0.3 is 5.97 Å². The second-order valence-electron chi connectivity index (χ2n) is 6.21. The van der Waals surface area contributed by atoms with Crippen molar-refractivity contribution in [1.29, 1.82) is 0 Å². The molecule has 0 spiro atoms. The molecule has 1 aliphatic rings. The molecule has 1 aliphatic carbocycles. The van der Waals surface area contributed by atoms with Gasteiger partial charge in [0, 0.05) is 5.69 Å². The molecule has 1 unspecified atom stereocenters. The van der Waals surface area contributed by atoms with Crippen molar-refractivity contribution in [2.24, 2.45) is 5.41 Å². The van der Waals surface area contributed by atoms with Crippen LogP contribution in [0.3, 0.4) is 0 Å². The van der Waals surface area contributed by atoms with E-state index in [1.165, 1.54) is 6.42 Å². The standard InChI is InChI=1S/C17H25NO2/c1-4-20-15(19)17(13-9-8-12-16(17,2)3)18-14-10-6-5-7-11-14/h5-7,10-11,18H,4,8-9,12-13H2,1-3H3. The number of benzene rings is 1. The second-order valence-corrected chi connectivity index (χ2v) is 6.21. The minimum atomic E-state index is -0.622. The van der Waals surface area contributed by atoms with Gasteiger partial charge in [0.2, 0.25) is 0 Å². The summed E-state index contributed by atoms with van der Waals surface area (Å²) in [6.45, 7) is 6.62. The molecule has 1 fully saturated rings. The maximum atomic E-state index is 12.7. The SMILES string of the molecule is CCOC(=O)C1(Nc2ccccc2)CCCCC1(C)C. The normalized spacial score (nSPS) is 24.9. The fraction of sp³-hybridized carbons (Fsp3) is 0.588. The fourth-order valence-corrected chi connectivity index (χ4v) is 3.19. The van der Waals surface area contributed by atoms with Crippen LogP contribution in [0.25, 0.3) is 0 Å². The largest absolute Gasteiger partial charge is 0.464 e. The second kappa shape index (κ2) is 5.86. The van der Waals surface area contributed by atoms with Crippen molar-refractivity contribution < 1.29 is 9.53 Å². The van der Waals surface area contributed by atoms with Crippen molar-refractivity contribution >= 4 is 11.7 Å². The first-order valence-electron chi connectivity index (χ1n) is 7.52. The zero-order chi connectivity index (χ0) is 14.6. The van der Waals surface area contributed by atoms with E-state index < -0.39 is 5.54 Å². The summed E-state index contributed by atoms with van der Waals surface area (Å²) < 4.78 is 5.39. The van der Waals surface area contributed by atoms with Crippen molar-refractivity contribution in [2.45, 2.75) is 52.0 Å². The van der Waals surface area contributed by atoms with Gasteiger partial charge in [-0.15, -0.1) is 0 Å². The Morgan fingerprint density at radius 3 is 2.45 bits per heavy atom. The van der Waals surface area contributed by atoms with Crippen LogP contribution in [0.5, 0.6) is 0 Å². The molecule has 0 heterocycles. The summed E-state index contributed by atoms with van der Waals surface area (Å²) in [6, 6.07) is 9.96. The minimum absolute atomic E-state index is 0.117. The van der Waals surface area contributed by atoms with Crippen LogP contribution in [-0.2, 0) is 9.53 Å². The van der Waals surface area contributed by atoms with Gasteiger partial charge in [0.15, 0.2) is 0 Å². The Kier molecular flexibility index (Phi) is 4.36. The Morgan fingerprint density at radius 1 is 1.20 bits per heavy atom. The van der Waals surface area contributed by atoms with Crippen molar-refractivity contribution in [2.75, 3.05) is 11.9 Å². The van der Waals surface area contributed by atoms with E-state index in [4.69, 9.17) is 4.74 Å². The number of esters is 1. The molecule has 0 aliphatic heterocycles. The van der Waals surface area contributed by atoms with Gasteiger partial charge in [-0.3, -0.25) is 0 Å². The van der Waals surface area contributed by atoms with E-state index in [-0.39, 0.29) is 11.4 Å². The molecule has 0 radical (unpaired) electrons. The van der Waals surface area contributed by atoms with Crippen molar-refractivity contribution in [3.63, 3.8) is 0 Å². The number of carbonyl (C=O) groups is 1. The van der Waals surface area contributed by atoms with E-state index in [1.54, 1.807) is 0 Å². The maximum Gasteiger partial charge on any atom is 0.332 e. The van der Waals surface area contributed by atoms with Gasteiger partial charge in [0.25, 0.3) is 0 Å². The molecule has 0 aromatic heterocycles. The van der Waals surface area contributed by atoms with Crippen LogP contribution in [0.4, 0.5) is 5.69 Å². The number of hydrogen-bond acceptors (Lipinski definition) is 3.